The van der Waals surface area contributed by atoms with E-state index in [1.807, 2.05) is 0 Å². The van der Waals surface area contributed by atoms with Crippen molar-refractivity contribution in [1.82, 2.24) is 10.6 Å². The van der Waals surface area contributed by atoms with Crippen molar-refractivity contribution in [2.45, 2.75) is 40.0 Å². The SMILES string of the molecule is CC(C(=O)O)=C(C)C(=O)NC(=O)NCC1(C)CCC1. The third-order valence-corrected chi connectivity index (χ3v) is 3.69. The number of hydrogen-bond donors (Lipinski definition) is 3. The molecule has 0 aliphatic heterocycles. The Balaban J connectivity index is 2.46. The van der Waals surface area contributed by atoms with Crippen LogP contribution >= 0.6 is 0 Å². The van der Waals surface area contributed by atoms with E-state index in [4.69, 9.17) is 5.11 Å². The van der Waals surface area contributed by atoms with Gasteiger partial charge in [-0.15, -0.1) is 0 Å². The number of amides is 3. The molecule has 0 bridgehead atoms. The first kappa shape index (κ1) is 15.2. The van der Waals surface area contributed by atoms with E-state index in [2.05, 4.69) is 17.6 Å². The van der Waals surface area contributed by atoms with Crippen LogP contribution in [0.4, 0.5) is 4.79 Å². The minimum absolute atomic E-state index is 0.0255. The Hall–Kier alpha value is -1.85. The van der Waals surface area contributed by atoms with E-state index >= 15 is 0 Å². The quantitative estimate of drug-likeness (QED) is 0.672. The Morgan fingerprint density at radius 3 is 2.16 bits per heavy atom. The minimum atomic E-state index is -1.17. The van der Waals surface area contributed by atoms with E-state index in [1.165, 1.54) is 20.3 Å². The fraction of sp³-hybridized carbons (Fsp3) is 0.615. The van der Waals surface area contributed by atoms with Gasteiger partial charge in [-0.05, 0) is 32.1 Å². The molecule has 1 rings (SSSR count). The highest BCUT2D eigenvalue weighted by Gasteiger charge is 2.32. The highest BCUT2D eigenvalue weighted by Crippen LogP contribution is 2.39. The van der Waals surface area contributed by atoms with E-state index in [1.54, 1.807) is 0 Å². The second-order valence-electron chi connectivity index (χ2n) is 5.36. The van der Waals surface area contributed by atoms with Crippen LogP contribution in [-0.4, -0.2) is 29.6 Å². The summed E-state index contributed by atoms with van der Waals surface area (Å²) >= 11 is 0. The molecule has 1 fully saturated rings. The average molecular weight is 268 g/mol. The van der Waals surface area contributed by atoms with E-state index in [-0.39, 0.29) is 16.6 Å². The second-order valence-corrected chi connectivity index (χ2v) is 5.36. The van der Waals surface area contributed by atoms with Crippen LogP contribution in [0.3, 0.4) is 0 Å². The van der Waals surface area contributed by atoms with Gasteiger partial charge in [0.05, 0.1) is 0 Å². The zero-order chi connectivity index (χ0) is 14.6. The van der Waals surface area contributed by atoms with E-state index < -0.39 is 17.9 Å². The van der Waals surface area contributed by atoms with Gasteiger partial charge in [-0.25, -0.2) is 9.59 Å². The lowest BCUT2D eigenvalue weighted by Crippen LogP contribution is -2.46. The van der Waals surface area contributed by atoms with Crippen molar-refractivity contribution in [3.8, 4) is 0 Å². The molecular formula is C13H20N2O4. The maximum atomic E-state index is 11.6. The molecule has 1 saturated carbocycles. The number of carboxylic acids is 1. The zero-order valence-corrected chi connectivity index (χ0v) is 11.5. The number of imide groups is 1. The van der Waals surface area contributed by atoms with Crippen LogP contribution < -0.4 is 10.6 Å². The molecule has 1 aliphatic carbocycles. The summed E-state index contributed by atoms with van der Waals surface area (Å²) in [5.41, 5.74) is 0.0798. The first-order valence-corrected chi connectivity index (χ1v) is 6.25. The van der Waals surface area contributed by atoms with E-state index in [0.29, 0.717) is 6.54 Å². The van der Waals surface area contributed by atoms with Crippen molar-refractivity contribution in [3.05, 3.63) is 11.1 Å². The van der Waals surface area contributed by atoms with E-state index in [9.17, 15) is 14.4 Å². The van der Waals surface area contributed by atoms with Crippen molar-refractivity contribution in [2.75, 3.05) is 6.54 Å². The van der Waals surface area contributed by atoms with Gasteiger partial charge < -0.3 is 10.4 Å². The van der Waals surface area contributed by atoms with Gasteiger partial charge in [-0.3, -0.25) is 10.1 Å². The molecule has 0 aromatic heterocycles. The normalized spacial score (nSPS) is 17.8. The standard InChI is InChI=1S/C13H20N2O4/c1-8(9(2)11(17)18)10(16)15-12(19)14-7-13(3)5-4-6-13/h4-7H2,1-3H3,(H,17,18)(H2,14,15,16,19). The molecule has 0 aromatic carbocycles. The van der Waals surface area contributed by atoms with Crippen molar-refractivity contribution in [3.63, 3.8) is 0 Å². The van der Waals surface area contributed by atoms with Gasteiger partial charge in [0, 0.05) is 17.7 Å². The van der Waals surface area contributed by atoms with Crippen LogP contribution in [0.1, 0.15) is 40.0 Å². The summed E-state index contributed by atoms with van der Waals surface area (Å²) in [5.74, 6) is -1.86. The van der Waals surface area contributed by atoms with Crippen molar-refractivity contribution >= 4 is 17.9 Å². The number of rotatable bonds is 4. The highest BCUT2D eigenvalue weighted by molar-refractivity contribution is 6.07. The lowest BCUT2D eigenvalue weighted by Gasteiger charge is -2.38. The monoisotopic (exact) mass is 268 g/mol. The van der Waals surface area contributed by atoms with Crippen molar-refractivity contribution in [2.24, 2.45) is 5.41 Å². The molecule has 0 heterocycles. The van der Waals surface area contributed by atoms with Gasteiger partial charge in [0.1, 0.15) is 0 Å². The topological polar surface area (TPSA) is 95.5 Å². The molecule has 0 unspecified atom stereocenters. The van der Waals surface area contributed by atoms with E-state index in [0.717, 1.165) is 12.8 Å². The van der Waals surface area contributed by atoms with Crippen LogP contribution in [0.2, 0.25) is 0 Å². The molecular weight excluding hydrogens is 248 g/mol. The summed E-state index contributed by atoms with van der Waals surface area (Å²) in [4.78, 5) is 33.8. The predicted octanol–water partition coefficient (Wildman–Crippen LogP) is 1.42. The Labute approximate surface area is 112 Å². The summed E-state index contributed by atoms with van der Waals surface area (Å²) in [5, 5.41) is 13.5. The molecule has 0 atom stereocenters. The molecule has 19 heavy (non-hydrogen) atoms. The van der Waals surface area contributed by atoms with Gasteiger partial charge in [0.2, 0.25) is 0 Å². The molecule has 6 nitrogen and oxygen atoms in total. The third-order valence-electron chi connectivity index (χ3n) is 3.69. The van der Waals surface area contributed by atoms with Crippen LogP contribution in [0.25, 0.3) is 0 Å². The Kier molecular flexibility index (Phi) is 4.69. The Morgan fingerprint density at radius 1 is 1.16 bits per heavy atom. The summed E-state index contributed by atoms with van der Waals surface area (Å²) in [6.07, 6.45) is 3.30. The van der Waals surface area contributed by atoms with Crippen molar-refractivity contribution in [1.29, 1.82) is 0 Å². The summed E-state index contributed by atoms with van der Waals surface area (Å²) in [6.45, 7) is 5.30. The molecule has 0 radical (unpaired) electrons. The first-order chi connectivity index (χ1) is 8.75. The van der Waals surface area contributed by atoms with Gasteiger partial charge >= 0.3 is 12.0 Å². The number of carbonyl (C=O) groups is 3. The van der Waals surface area contributed by atoms with Gasteiger partial charge in [0.25, 0.3) is 5.91 Å². The number of hydrogen-bond acceptors (Lipinski definition) is 3. The van der Waals surface area contributed by atoms with Crippen LogP contribution in [0.15, 0.2) is 11.1 Å². The molecule has 3 N–H and O–H groups in total. The highest BCUT2D eigenvalue weighted by atomic mass is 16.4. The van der Waals surface area contributed by atoms with Crippen LogP contribution in [0.5, 0.6) is 0 Å². The molecule has 1 aliphatic rings. The molecule has 6 heteroatoms. The Morgan fingerprint density at radius 2 is 1.74 bits per heavy atom. The summed E-state index contributed by atoms with van der Waals surface area (Å²) in [7, 11) is 0. The minimum Gasteiger partial charge on any atom is -0.478 e. The van der Waals surface area contributed by atoms with Gasteiger partial charge in [-0.2, -0.15) is 0 Å². The number of carboxylic acid groups (broad SMARTS) is 1. The largest absolute Gasteiger partial charge is 0.478 e. The number of aliphatic carboxylic acids is 1. The maximum absolute atomic E-state index is 11.6. The average Bonchev–Trinajstić information content (AvgIpc) is 2.31. The summed E-state index contributed by atoms with van der Waals surface area (Å²) in [6, 6.07) is -0.587. The lowest BCUT2D eigenvalue weighted by molar-refractivity contribution is -0.133. The third kappa shape index (κ3) is 4.08. The van der Waals surface area contributed by atoms with Crippen LogP contribution in [-0.2, 0) is 9.59 Å². The Bertz CT molecular complexity index is 436. The zero-order valence-electron chi connectivity index (χ0n) is 11.5. The van der Waals surface area contributed by atoms with Gasteiger partial charge in [-0.1, -0.05) is 13.3 Å². The second kappa shape index (κ2) is 5.86. The predicted molar refractivity (Wildman–Crippen MR) is 69.5 cm³/mol. The van der Waals surface area contributed by atoms with Crippen molar-refractivity contribution < 1.29 is 19.5 Å². The van der Waals surface area contributed by atoms with Gasteiger partial charge in [0.15, 0.2) is 0 Å². The molecule has 0 spiro atoms. The number of urea groups is 1. The molecule has 3 amide bonds. The first-order valence-electron chi connectivity index (χ1n) is 6.25. The van der Waals surface area contributed by atoms with Crippen LogP contribution in [0, 0.1) is 5.41 Å². The molecule has 106 valence electrons. The number of carbonyl (C=O) groups excluding carboxylic acids is 2. The maximum Gasteiger partial charge on any atom is 0.331 e. The fourth-order valence-electron chi connectivity index (χ4n) is 1.82. The fourth-order valence-corrected chi connectivity index (χ4v) is 1.82. The molecule has 0 aromatic rings. The smallest absolute Gasteiger partial charge is 0.331 e. The summed E-state index contributed by atoms with van der Waals surface area (Å²) < 4.78 is 0. The molecule has 0 saturated heterocycles. The number of nitrogens with one attached hydrogen (secondary N) is 2. The lowest BCUT2D eigenvalue weighted by atomic mass is 9.70.